The fraction of sp³-hybridized carbons (Fsp3) is 0.364. The summed E-state index contributed by atoms with van der Waals surface area (Å²) in [5.74, 6) is -0.170. The highest BCUT2D eigenvalue weighted by Crippen LogP contribution is 2.15. The Kier molecular flexibility index (Phi) is 7.42. The predicted octanol–water partition coefficient (Wildman–Crippen LogP) is 1.68. The third-order valence-corrected chi connectivity index (χ3v) is 6.28. The molecule has 1 saturated heterocycles. The molecule has 0 atom stereocenters. The van der Waals surface area contributed by atoms with Gasteiger partial charge in [-0.2, -0.15) is 0 Å². The number of hydrogen-bond acceptors (Lipinski definition) is 5. The number of nitrogens with one attached hydrogen (secondary N) is 1. The number of carbonyl (C=O) groups is 2. The van der Waals surface area contributed by atoms with Gasteiger partial charge in [0.1, 0.15) is 0 Å². The lowest BCUT2D eigenvalue weighted by molar-refractivity contribution is -0.116. The minimum Gasteiger partial charge on any atom is -0.336 e. The van der Waals surface area contributed by atoms with Crippen molar-refractivity contribution < 1.29 is 18.0 Å². The van der Waals surface area contributed by atoms with E-state index in [9.17, 15) is 18.0 Å². The van der Waals surface area contributed by atoms with Gasteiger partial charge in [-0.3, -0.25) is 14.5 Å². The third kappa shape index (κ3) is 6.36. The van der Waals surface area contributed by atoms with Crippen LogP contribution >= 0.6 is 0 Å². The number of aryl methyl sites for hydroxylation is 1. The molecule has 0 bridgehead atoms. The van der Waals surface area contributed by atoms with Gasteiger partial charge in [-0.25, -0.2) is 13.6 Å². The molecule has 1 aliphatic rings. The van der Waals surface area contributed by atoms with Crippen molar-refractivity contribution in [3.05, 3.63) is 59.7 Å². The fourth-order valence-corrected chi connectivity index (χ4v) is 4.03. The fourth-order valence-electron chi connectivity index (χ4n) is 3.47. The molecule has 0 saturated carbocycles. The van der Waals surface area contributed by atoms with Gasteiger partial charge >= 0.3 is 0 Å². The Balaban J connectivity index is 1.44. The number of nitrogens with zero attached hydrogens (tertiary/aromatic N) is 2. The molecule has 1 heterocycles. The Bertz CT molecular complexity index is 1030. The Morgan fingerprint density at radius 3 is 2.32 bits per heavy atom. The maximum absolute atomic E-state index is 12.7. The van der Waals surface area contributed by atoms with Gasteiger partial charge in [0.25, 0.3) is 5.91 Å². The minimum atomic E-state index is -3.82. The van der Waals surface area contributed by atoms with Crippen LogP contribution in [-0.4, -0.2) is 62.8 Å². The Morgan fingerprint density at radius 2 is 1.71 bits per heavy atom. The van der Waals surface area contributed by atoms with Crippen LogP contribution in [0.3, 0.4) is 0 Å². The van der Waals surface area contributed by atoms with E-state index in [1.807, 2.05) is 29.2 Å². The molecule has 31 heavy (non-hydrogen) atoms. The van der Waals surface area contributed by atoms with Crippen LogP contribution in [0.2, 0.25) is 0 Å². The number of benzene rings is 2. The van der Waals surface area contributed by atoms with Gasteiger partial charge in [-0.1, -0.05) is 25.1 Å². The van der Waals surface area contributed by atoms with E-state index in [0.717, 1.165) is 6.42 Å². The monoisotopic (exact) mass is 444 g/mol. The summed E-state index contributed by atoms with van der Waals surface area (Å²) in [6.07, 6.45) is 1.21. The Hall–Kier alpha value is -2.75. The van der Waals surface area contributed by atoms with E-state index < -0.39 is 10.0 Å². The zero-order valence-electron chi connectivity index (χ0n) is 17.6. The molecular formula is C22H28N4O4S. The average Bonchev–Trinajstić information content (AvgIpc) is 2.77. The van der Waals surface area contributed by atoms with Gasteiger partial charge in [-0.15, -0.1) is 0 Å². The van der Waals surface area contributed by atoms with Crippen LogP contribution in [0.25, 0.3) is 0 Å². The van der Waals surface area contributed by atoms with Crippen molar-refractivity contribution in [1.82, 2.24) is 9.80 Å². The molecule has 0 aromatic heterocycles. The van der Waals surface area contributed by atoms with E-state index in [4.69, 9.17) is 5.14 Å². The van der Waals surface area contributed by atoms with Crippen molar-refractivity contribution in [3.8, 4) is 0 Å². The Labute approximate surface area is 183 Å². The zero-order chi connectivity index (χ0) is 22.4. The molecule has 166 valence electrons. The van der Waals surface area contributed by atoms with Crippen LogP contribution < -0.4 is 10.5 Å². The van der Waals surface area contributed by atoms with Crippen molar-refractivity contribution in [3.63, 3.8) is 0 Å². The van der Waals surface area contributed by atoms with Crippen LogP contribution in [0.5, 0.6) is 0 Å². The van der Waals surface area contributed by atoms with Gasteiger partial charge < -0.3 is 10.2 Å². The van der Waals surface area contributed by atoms with Crippen molar-refractivity contribution in [2.45, 2.75) is 24.7 Å². The number of sulfonamides is 1. The SMILES string of the molecule is CCc1ccc(C(=O)N2CCN(CCC(=O)Nc3cccc(S(N)(=O)=O)c3)CC2)cc1. The van der Waals surface area contributed by atoms with Crippen LogP contribution in [0.1, 0.15) is 29.3 Å². The number of carbonyl (C=O) groups excluding carboxylic acids is 2. The predicted molar refractivity (Wildman–Crippen MR) is 119 cm³/mol. The van der Waals surface area contributed by atoms with Gasteiger partial charge in [0.05, 0.1) is 4.90 Å². The molecule has 2 amide bonds. The average molecular weight is 445 g/mol. The molecule has 8 nitrogen and oxygen atoms in total. The second-order valence-electron chi connectivity index (χ2n) is 7.56. The summed E-state index contributed by atoms with van der Waals surface area (Å²) in [4.78, 5) is 28.8. The number of anilines is 1. The van der Waals surface area contributed by atoms with E-state index in [0.29, 0.717) is 44.0 Å². The first kappa shape index (κ1) is 22.9. The van der Waals surface area contributed by atoms with E-state index >= 15 is 0 Å². The quantitative estimate of drug-likeness (QED) is 0.675. The number of rotatable bonds is 7. The first-order valence-electron chi connectivity index (χ1n) is 10.3. The molecule has 0 aliphatic carbocycles. The highest BCUT2D eigenvalue weighted by molar-refractivity contribution is 7.89. The van der Waals surface area contributed by atoms with Crippen molar-refractivity contribution in [1.29, 1.82) is 0 Å². The number of primary sulfonamides is 1. The standard InChI is InChI=1S/C22H28N4O4S/c1-2-17-6-8-18(9-7-17)22(28)26-14-12-25(13-15-26)11-10-21(27)24-19-4-3-5-20(16-19)31(23,29)30/h3-9,16H,2,10-15H2,1H3,(H,24,27)(H2,23,29,30). The lowest BCUT2D eigenvalue weighted by Crippen LogP contribution is -2.49. The smallest absolute Gasteiger partial charge is 0.253 e. The molecule has 2 aromatic carbocycles. The minimum absolute atomic E-state index is 0.0368. The summed E-state index contributed by atoms with van der Waals surface area (Å²) in [5.41, 5.74) is 2.30. The zero-order valence-corrected chi connectivity index (χ0v) is 18.4. The summed E-state index contributed by atoms with van der Waals surface area (Å²) in [6.45, 7) is 5.28. The highest BCUT2D eigenvalue weighted by atomic mass is 32.2. The summed E-state index contributed by atoms with van der Waals surface area (Å²) in [6, 6.07) is 13.6. The number of hydrogen-bond donors (Lipinski definition) is 2. The maximum atomic E-state index is 12.7. The third-order valence-electron chi connectivity index (χ3n) is 5.37. The van der Waals surface area contributed by atoms with Gasteiger partial charge in [0.2, 0.25) is 15.9 Å². The molecule has 3 N–H and O–H groups in total. The van der Waals surface area contributed by atoms with Crippen LogP contribution in [0, 0.1) is 0 Å². The van der Waals surface area contributed by atoms with Gasteiger partial charge in [0, 0.05) is 50.4 Å². The Morgan fingerprint density at radius 1 is 1.03 bits per heavy atom. The normalized spacial score (nSPS) is 15.0. The van der Waals surface area contributed by atoms with E-state index in [1.54, 1.807) is 6.07 Å². The molecule has 1 fully saturated rings. The van der Waals surface area contributed by atoms with Crippen LogP contribution in [0.15, 0.2) is 53.4 Å². The van der Waals surface area contributed by atoms with Crippen molar-refractivity contribution >= 4 is 27.5 Å². The maximum Gasteiger partial charge on any atom is 0.253 e. The topological polar surface area (TPSA) is 113 Å². The van der Waals surface area contributed by atoms with Crippen molar-refractivity contribution in [2.24, 2.45) is 5.14 Å². The lowest BCUT2D eigenvalue weighted by atomic mass is 10.1. The first-order valence-corrected chi connectivity index (χ1v) is 11.8. The number of piperazine rings is 1. The molecular weight excluding hydrogens is 416 g/mol. The van der Waals surface area contributed by atoms with Gasteiger partial charge in [0.15, 0.2) is 0 Å². The summed E-state index contributed by atoms with van der Waals surface area (Å²) in [5, 5.41) is 7.82. The lowest BCUT2D eigenvalue weighted by Gasteiger charge is -2.34. The summed E-state index contributed by atoms with van der Waals surface area (Å²) in [7, 11) is -3.82. The molecule has 0 spiro atoms. The largest absolute Gasteiger partial charge is 0.336 e. The van der Waals surface area contributed by atoms with Crippen LogP contribution in [-0.2, 0) is 21.2 Å². The van der Waals surface area contributed by atoms with E-state index in [-0.39, 0.29) is 23.1 Å². The molecule has 0 unspecified atom stereocenters. The molecule has 0 radical (unpaired) electrons. The second kappa shape index (κ2) is 10.0. The molecule has 1 aliphatic heterocycles. The molecule has 2 aromatic rings. The highest BCUT2D eigenvalue weighted by Gasteiger charge is 2.22. The number of amides is 2. The second-order valence-corrected chi connectivity index (χ2v) is 9.12. The summed E-state index contributed by atoms with van der Waals surface area (Å²) < 4.78 is 22.9. The van der Waals surface area contributed by atoms with Crippen LogP contribution in [0.4, 0.5) is 5.69 Å². The molecule has 3 rings (SSSR count). The summed E-state index contributed by atoms with van der Waals surface area (Å²) >= 11 is 0. The first-order chi connectivity index (χ1) is 14.8. The molecule has 9 heteroatoms. The van der Waals surface area contributed by atoms with Crippen molar-refractivity contribution in [2.75, 3.05) is 38.0 Å². The van der Waals surface area contributed by atoms with E-state index in [2.05, 4.69) is 17.1 Å². The van der Waals surface area contributed by atoms with Gasteiger partial charge in [-0.05, 0) is 42.3 Å². The van der Waals surface area contributed by atoms with E-state index in [1.165, 1.54) is 23.8 Å². The number of nitrogens with two attached hydrogens (primary N) is 1.